The summed E-state index contributed by atoms with van der Waals surface area (Å²) >= 11 is 0. The van der Waals surface area contributed by atoms with Gasteiger partial charge >= 0.3 is 0 Å². The first-order valence-corrected chi connectivity index (χ1v) is 11.3. The second-order valence-electron chi connectivity index (χ2n) is 8.64. The molecule has 0 amide bonds. The lowest BCUT2D eigenvalue weighted by Gasteiger charge is -2.41. The molecule has 2 heterocycles. The van der Waals surface area contributed by atoms with Gasteiger partial charge < -0.3 is 0 Å². The summed E-state index contributed by atoms with van der Waals surface area (Å²) in [6.07, 6.45) is 5.38. The number of halogens is 1. The van der Waals surface area contributed by atoms with Crippen LogP contribution in [0.3, 0.4) is 0 Å². The van der Waals surface area contributed by atoms with Gasteiger partial charge in [-0.1, -0.05) is 55.3 Å². The zero-order valence-electron chi connectivity index (χ0n) is 17.8. The molecular formula is C24H29FN6. The number of piperazine rings is 1. The number of tetrazole rings is 1. The largest absolute Gasteiger partial charge is 0.298 e. The Morgan fingerprint density at radius 2 is 1.61 bits per heavy atom. The van der Waals surface area contributed by atoms with Gasteiger partial charge in [0.25, 0.3) is 0 Å². The van der Waals surface area contributed by atoms with E-state index in [-0.39, 0.29) is 11.9 Å². The summed E-state index contributed by atoms with van der Waals surface area (Å²) in [7, 11) is 0. The Bertz CT molecular complexity index is 959. The van der Waals surface area contributed by atoms with Crippen LogP contribution in [0.15, 0.2) is 54.6 Å². The number of hydrogen-bond acceptors (Lipinski definition) is 5. The van der Waals surface area contributed by atoms with E-state index in [2.05, 4.69) is 37.5 Å². The summed E-state index contributed by atoms with van der Waals surface area (Å²) in [6.45, 7) is 4.64. The molecule has 1 aromatic heterocycles. The zero-order chi connectivity index (χ0) is 21.0. The lowest BCUT2D eigenvalue weighted by molar-refractivity contribution is 0.0771. The quantitative estimate of drug-likeness (QED) is 0.611. The van der Waals surface area contributed by atoms with Gasteiger partial charge in [0.15, 0.2) is 5.82 Å². The van der Waals surface area contributed by atoms with Crippen molar-refractivity contribution in [3.63, 3.8) is 0 Å². The highest BCUT2D eigenvalue weighted by Gasteiger charge is 2.33. The number of aromatic nitrogens is 4. The van der Waals surface area contributed by atoms with Crippen molar-refractivity contribution in [2.24, 2.45) is 0 Å². The van der Waals surface area contributed by atoms with E-state index in [1.807, 2.05) is 35.0 Å². The van der Waals surface area contributed by atoms with Gasteiger partial charge in [0, 0.05) is 32.2 Å². The highest BCUT2D eigenvalue weighted by atomic mass is 19.1. The van der Waals surface area contributed by atoms with Gasteiger partial charge in [-0.05, 0) is 46.5 Å². The van der Waals surface area contributed by atoms with Crippen LogP contribution in [-0.4, -0.2) is 62.2 Å². The molecule has 2 aliphatic rings. The number of nitrogens with zero attached hydrogens (tertiary/aromatic N) is 6. The maximum absolute atomic E-state index is 13.7. The molecule has 2 aromatic carbocycles. The van der Waals surface area contributed by atoms with Crippen LogP contribution in [0.2, 0.25) is 0 Å². The van der Waals surface area contributed by atoms with E-state index in [0.717, 1.165) is 49.2 Å². The Balaban J connectivity index is 1.41. The Morgan fingerprint density at radius 3 is 2.32 bits per heavy atom. The van der Waals surface area contributed by atoms with Crippen molar-refractivity contribution >= 4 is 0 Å². The molecule has 3 aromatic rings. The van der Waals surface area contributed by atoms with E-state index in [4.69, 9.17) is 0 Å². The van der Waals surface area contributed by atoms with Crippen LogP contribution in [0.25, 0.3) is 0 Å². The van der Waals surface area contributed by atoms with E-state index in [1.165, 1.54) is 37.8 Å². The third-order valence-corrected chi connectivity index (χ3v) is 6.72. The van der Waals surface area contributed by atoms with Gasteiger partial charge in [0.1, 0.15) is 5.82 Å². The molecule has 0 radical (unpaired) electrons. The number of rotatable bonds is 6. The van der Waals surface area contributed by atoms with Crippen LogP contribution < -0.4 is 0 Å². The monoisotopic (exact) mass is 420 g/mol. The van der Waals surface area contributed by atoms with Crippen LogP contribution in [0.1, 0.15) is 48.7 Å². The molecule has 0 bridgehead atoms. The van der Waals surface area contributed by atoms with E-state index in [9.17, 15) is 4.39 Å². The van der Waals surface area contributed by atoms with Gasteiger partial charge in [0.2, 0.25) is 0 Å². The van der Waals surface area contributed by atoms with Gasteiger partial charge in [-0.3, -0.25) is 9.80 Å². The van der Waals surface area contributed by atoms with Gasteiger partial charge in [-0.2, -0.15) is 0 Å². The summed E-state index contributed by atoms with van der Waals surface area (Å²) in [5.41, 5.74) is 2.18. The van der Waals surface area contributed by atoms with Crippen LogP contribution in [-0.2, 0) is 6.54 Å². The molecule has 7 heteroatoms. The first-order valence-electron chi connectivity index (χ1n) is 11.3. The first-order chi connectivity index (χ1) is 15.3. The second kappa shape index (κ2) is 9.24. The SMILES string of the molecule is Fc1ccc([C@@H](c2nnnn2Cc2ccccc2)N2CCN(C3CCCC3)CC2)cc1. The molecule has 2 fully saturated rings. The van der Waals surface area contributed by atoms with Crippen molar-refractivity contribution < 1.29 is 4.39 Å². The van der Waals surface area contributed by atoms with Crippen LogP contribution in [0, 0.1) is 5.82 Å². The van der Waals surface area contributed by atoms with E-state index >= 15 is 0 Å². The van der Waals surface area contributed by atoms with Crippen molar-refractivity contribution in [1.82, 2.24) is 30.0 Å². The van der Waals surface area contributed by atoms with Gasteiger partial charge in [0.05, 0.1) is 12.6 Å². The van der Waals surface area contributed by atoms with Crippen LogP contribution in [0.5, 0.6) is 0 Å². The number of hydrogen-bond donors (Lipinski definition) is 0. The average Bonchev–Trinajstić information content (AvgIpc) is 3.50. The molecule has 5 rings (SSSR count). The fourth-order valence-corrected chi connectivity index (χ4v) is 5.07. The minimum absolute atomic E-state index is 0.0926. The predicted octanol–water partition coefficient (Wildman–Crippen LogP) is 3.51. The Hall–Kier alpha value is -2.64. The Morgan fingerprint density at radius 1 is 0.903 bits per heavy atom. The van der Waals surface area contributed by atoms with E-state index in [0.29, 0.717) is 6.54 Å². The molecule has 1 atom stereocenters. The second-order valence-corrected chi connectivity index (χ2v) is 8.64. The predicted molar refractivity (Wildman–Crippen MR) is 117 cm³/mol. The first kappa shape index (κ1) is 20.3. The maximum atomic E-state index is 13.7. The minimum atomic E-state index is -0.225. The Labute approximate surface area is 182 Å². The molecule has 1 aliphatic carbocycles. The molecule has 0 unspecified atom stereocenters. The smallest absolute Gasteiger partial charge is 0.173 e. The van der Waals surface area contributed by atoms with Crippen LogP contribution in [0.4, 0.5) is 4.39 Å². The lowest BCUT2D eigenvalue weighted by atomic mass is 10.0. The van der Waals surface area contributed by atoms with Gasteiger partial charge in [-0.25, -0.2) is 9.07 Å². The normalized spacial score (nSPS) is 19.6. The summed E-state index contributed by atoms with van der Waals surface area (Å²) in [5.74, 6) is 0.585. The fourth-order valence-electron chi connectivity index (χ4n) is 5.07. The minimum Gasteiger partial charge on any atom is -0.298 e. The van der Waals surface area contributed by atoms with Crippen molar-refractivity contribution in [3.8, 4) is 0 Å². The standard InChI is InChI=1S/C24H29FN6/c25-21-12-10-20(11-13-21)23(30-16-14-29(15-17-30)22-8-4-5-9-22)24-26-27-28-31(24)18-19-6-2-1-3-7-19/h1-3,6-7,10-13,22-23H,4-5,8-9,14-18H2/t23-/m0/s1. The van der Waals surface area contributed by atoms with Crippen molar-refractivity contribution in [2.45, 2.75) is 44.3 Å². The van der Waals surface area contributed by atoms with Crippen molar-refractivity contribution in [3.05, 3.63) is 77.4 Å². The summed E-state index contributed by atoms with van der Waals surface area (Å²) in [4.78, 5) is 5.10. The summed E-state index contributed by atoms with van der Waals surface area (Å²) in [6, 6.07) is 17.7. The third-order valence-electron chi connectivity index (χ3n) is 6.72. The van der Waals surface area contributed by atoms with Crippen molar-refractivity contribution in [2.75, 3.05) is 26.2 Å². The van der Waals surface area contributed by atoms with E-state index in [1.54, 1.807) is 0 Å². The topological polar surface area (TPSA) is 50.1 Å². The highest BCUT2D eigenvalue weighted by Crippen LogP contribution is 2.30. The average molecular weight is 421 g/mol. The van der Waals surface area contributed by atoms with Crippen molar-refractivity contribution in [1.29, 1.82) is 0 Å². The summed E-state index contributed by atoms with van der Waals surface area (Å²) < 4.78 is 15.5. The fraction of sp³-hybridized carbons (Fsp3) is 0.458. The molecular weight excluding hydrogens is 391 g/mol. The zero-order valence-corrected chi connectivity index (χ0v) is 17.8. The molecule has 31 heavy (non-hydrogen) atoms. The molecule has 1 saturated carbocycles. The molecule has 162 valence electrons. The lowest BCUT2D eigenvalue weighted by Crippen LogP contribution is -2.51. The molecule has 1 saturated heterocycles. The van der Waals surface area contributed by atoms with Crippen LogP contribution >= 0.6 is 0 Å². The third kappa shape index (κ3) is 4.52. The maximum Gasteiger partial charge on any atom is 0.173 e. The Kier molecular flexibility index (Phi) is 6.04. The molecule has 1 aliphatic heterocycles. The highest BCUT2D eigenvalue weighted by molar-refractivity contribution is 5.26. The molecule has 0 spiro atoms. The van der Waals surface area contributed by atoms with Gasteiger partial charge in [-0.15, -0.1) is 5.10 Å². The summed E-state index contributed by atoms with van der Waals surface area (Å²) in [5, 5.41) is 12.7. The molecule has 0 N–H and O–H groups in total. The molecule has 6 nitrogen and oxygen atoms in total. The van der Waals surface area contributed by atoms with E-state index < -0.39 is 0 Å². The number of benzene rings is 2.